The van der Waals surface area contributed by atoms with Crippen molar-refractivity contribution in [2.75, 3.05) is 19.6 Å². The Hall–Kier alpha value is -1.73. The van der Waals surface area contributed by atoms with Crippen LogP contribution in [0.5, 0.6) is 0 Å². The second-order valence-electron chi connectivity index (χ2n) is 5.50. The van der Waals surface area contributed by atoms with Crippen LogP contribution in [-0.2, 0) is 0 Å². The molecule has 0 aromatic carbocycles. The molecule has 0 aliphatic carbocycles. The first kappa shape index (κ1) is 14.2. The maximum atomic E-state index is 12.3. The number of pyridine rings is 1. The van der Waals surface area contributed by atoms with Crippen LogP contribution in [-0.4, -0.2) is 46.4 Å². The Bertz CT molecular complexity index is 587. The molecule has 0 saturated carbocycles. The van der Waals surface area contributed by atoms with E-state index in [9.17, 15) is 14.9 Å². The number of carbonyl (C=O) groups is 1. The summed E-state index contributed by atoms with van der Waals surface area (Å²) in [6, 6.07) is 1.29. The normalized spacial score (nSPS) is 27.4. The number of piperidine rings is 3. The lowest BCUT2D eigenvalue weighted by atomic mass is 9.84. The molecule has 1 atom stereocenters. The average Bonchev–Trinajstić information content (AvgIpc) is 2.48. The van der Waals surface area contributed by atoms with E-state index in [0.29, 0.717) is 5.92 Å². The Morgan fingerprint density at radius 1 is 1.48 bits per heavy atom. The molecule has 1 aromatic rings. The maximum Gasteiger partial charge on any atom is 0.300 e. The zero-order valence-electron chi connectivity index (χ0n) is 11.3. The third kappa shape index (κ3) is 2.84. The Kier molecular flexibility index (Phi) is 3.77. The lowest BCUT2D eigenvalue weighted by Gasteiger charge is -2.44. The standard InChI is InChI=1S/C13H15ClN4O3/c14-12-5-9(11(6-15-12)18(20)21)13(19)16-10-7-17-3-1-8(10)2-4-17/h5-6,8,10H,1-4,7H2,(H,16,19). The largest absolute Gasteiger partial charge is 0.348 e. The summed E-state index contributed by atoms with van der Waals surface area (Å²) < 4.78 is 0. The molecule has 112 valence electrons. The van der Waals surface area contributed by atoms with E-state index in [4.69, 9.17) is 11.6 Å². The van der Waals surface area contributed by atoms with Gasteiger partial charge in [-0.1, -0.05) is 11.6 Å². The molecule has 7 nitrogen and oxygen atoms in total. The van der Waals surface area contributed by atoms with Gasteiger partial charge in [0.15, 0.2) is 0 Å². The molecule has 21 heavy (non-hydrogen) atoms. The van der Waals surface area contributed by atoms with Crippen molar-refractivity contribution in [2.45, 2.75) is 18.9 Å². The van der Waals surface area contributed by atoms with Crippen molar-refractivity contribution in [3.8, 4) is 0 Å². The molecule has 0 radical (unpaired) electrons. The fourth-order valence-electron chi connectivity index (χ4n) is 3.12. The van der Waals surface area contributed by atoms with Gasteiger partial charge in [-0.2, -0.15) is 0 Å². The van der Waals surface area contributed by atoms with Crippen LogP contribution in [0.4, 0.5) is 5.69 Å². The molecule has 3 saturated heterocycles. The van der Waals surface area contributed by atoms with Gasteiger partial charge in [0.05, 0.1) is 4.92 Å². The third-order valence-corrected chi connectivity index (χ3v) is 4.47. The molecule has 3 aliphatic rings. The van der Waals surface area contributed by atoms with Crippen molar-refractivity contribution in [1.82, 2.24) is 15.2 Å². The molecule has 1 aromatic heterocycles. The van der Waals surface area contributed by atoms with E-state index in [2.05, 4.69) is 15.2 Å². The minimum atomic E-state index is -0.616. The summed E-state index contributed by atoms with van der Waals surface area (Å²) in [5.74, 6) is 0.0000605. The number of halogens is 1. The number of nitro groups is 1. The van der Waals surface area contributed by atoms with Crippen molar-refractivity contribution in [3.05, 3.63) is 33.1 Å². The molecule has 1 amide bonds. The van der Waals surface area contributed by atoms with Gasteiger partial charge in [-0.05, 0) is 37.9 Å². The lowest BCUT2D eigenvalue weighted by molar-refractivity contribution is -0.385. The van der Waals surface area contributed by atoms with E-state index in [1.807, 2.05) is 0 Å². The number of hydrogen-bond acceptors (Lipinski definition) is 5. The molecular weight excluding hydrogens is 296 g/mol. The predicted octanol–water partition coefficient (Wildman–Crippen LogP) is 1.47. The van der Waals surface area contributed by atoms with E-state index in [0.717, 1.165) is 38.7 Å². The Morgan fingerprint density at radius 3 is 2.76 bits per heavy atom. The Labute approximate surface area is 126 Å². The first-order valence-electron chi connectivity index (χ1n) is 6.88. The van der Waals surface area contributed by atoms with E-state index >= 15 is 0 Å². The van der Waals surface area contributed by atoms with Crippen LogP contribution in [0.2, 0.25) is 5.15 Å². The van der Waals surface area contributed by atoms with E-state index in [1.165, 1.54) is 6.07 Å². The Morgan fingerprint density at radius 2 is 2.19 bits per heavy atom. The summed E-state index contributed by atoms with van der Waals surface area (Å²) in [7, 11) is 0. The first-order valence-corrected chi connectivity index (χ1v) is 7.25. The summed E-state index contributed by atoms with van der Waals surface area (Å²) in [4.78, 5) is 28.7. The van der Waals surface area contributed by atoms with Crippen molar-refractivity contribution in [3.63, 3.8) is 0 Å². The quantitative estimate of drug-likeness (QED) is 0.519. The minimum Gasteiger partial charge on any atom is -0.348 e. The monoisotopic (exact) mass is 310 g/mol. The highest BCUT2D eigenvalue weighted by Crippen LogP contribution is 2.28. The van der Waals surface area contributed by atoms with Crippen LogP contribution >= 0.6 is 11.6 Å². The van der Waals surface area contributed by atoms with Gasteiger partial charge in [0, 0.05) is 12.6 Å². The molecule has 3 fully saturated rings. The number of nitrogens with one attached hydrogen (secondary N) is 1. The lowest BCUT2D eigenvalue weighted by Crippen LogP contribution is -2.57. The fourth-order valence-corrected chi connectivity index (χ4v) is 3.28. The molecule has 4 rings (SSSR count). The molecule has 4 heterocycles. The summed E-state index contributed by atoms with van der Waals surface area (Å²) in [6.07, 6.45) is 3.14. The van der Waals surface area contributed by atoms with Gasteiger partial charge < -0.3 is 10.2 Å². The molecule has 1 unspecified atom stereocenters. The second-order valence-corrected chi connectivity index (χ2v) is 5.89. The average molecular weight is 311 g/mol. The van der Waals surface area contributed by atoms with Crippen molar-refractivity contribution in [1.29, 1.82) is 0 Å². The number of nitrogens with zero attached hydrogens (tertiary/aromatic N) is 3. The molecule has 0 spiro atoms. The summed E-state index contributed by atoms with van der Waals surface area (Å²) in [5, 5.41) is 14.0. The number of carbonyl (C=O) groups excluding carboxylic acids is 1. The SMILES string of the molecule is O=C(NC1CN2CCC1CC2)c1cc(Cl)ncc1[N+](=O)[O-]. The highest BCUT2D eigenvalue weighted by Gasteiger charge is 2.35. The van der Waals surface area contributed by atoms with Crippen LogP contribution in [0.3, 0.4) is 0 Å². The number of fused-ring (bicyclic) bond motifs is 3. The van der Waals surface area contributed by atoms with Crippen molar-refractivity contribution in [2.24, 2.45) is 5.92 Å². The molecule has 8 heteroatoms. The van der Waals surface area contributed by atoms with E-state index in [-0.39, 0.29) is 22.4 Å². The summed E-state index contributed by atoms with van der Waals surface area (Å²) in [5.41, 5.74) is -0.352. The van der Waals surface area contributed by atoms with E-state index in [1.54, 1.807) is 0 Å². The highest BCUT2D eigenvalue weighted by molar-refractivity contribution is 6.29. The fraction of sp³-hybridized carbons (Fsp3) is 0.538. The third-order valence-electron chi connectivity index (χ3n) is 4.26. The van der Waals surface area contributed by atoms with Crippen LogP contribution in [0.1, 0.15) is 23.2 Å². The van der Waals surface area contributed by atoms with Gasteiger partial charge in [0.25, 0.3) is 11.6 Å². The maximum absolute atomic E-state index is 12.3. The topological polar surface area (TPSA) is 88.4 Å². The minimum absolute atomic E-state index is 0.0311. The van der Waals surface area contributed by atoms with Crippen LogP contribution in [0.25, 0.3) is 0 Å². The highest BCUT2D eigenvalue weighted by atomic mass is 35.5. The second kappa shape index (κ2) is 5.57. The first-order chi connectivity index (χ1) is 10.0. The number of amides is 1. The van der Waals surface area contributed by atoms with Crippen molar-refractivity contribution < 1.29 is 9.72 Å². The van der Waals surface area contributed by atoms with Gasteiger partial charge in [0.1, 0.15) is 16.9 Å². The van der Waals surface area contributed by atoms with Crippen LogP contribution < -0.4 is 5.32 Å². The van der Waals surface area contributed by atoms with Crippen LogP contribution in [0, 0.1) is 16.0 Å². The summed E-state index contributed by atoms with van der Waals surface area (Å²) in [6.45, 7) is 2.94. The van der Waals surface area contributed by atoms with E-state index < -0.39 is 10.8 Å². The summed E-state index contributed by atoms with van der Waals surface area (Å²) >= 11 is 5.75. The Balaban J connectivity index is 1.79. The number of rotatable bonds is 3. The van der Waals surface area contributed by atoms with Crippen molar-refractivity contribution >= 4 is 23.2 Å². The van der Waals surface area contributed by atoms with Gasteiger partial charge in [-0.3, -0.25) is 14.9 Å². The van der Waals surface area contributed by atoms with Gasteiger partial charge in [-0.15, -0.1) is 0 Å². The van der Waals surface area contributed by atoms with Crippen LogP contribution in [0.15, 0.2) is 12.3 Å². The zero-order chi connectivity index (χ0) is 15.0. The number of hydrogen-bond donors (Lipinski definition) is 1. The van der Waals surface area contributed by atoms with Gasteiger partial charge in [-0.25, -0.2) is 4.98 Å². The molecule has 3 aliphatic heterocycles. The number of aromatic nitrogens is 1. The van der Waals surface area contributed by atoms with Gasteiger partial charge >= 0.3 is 0 Å². The molecule has 1 N–H and O–H groups in total. The predicted molar refractivity (Wildman–Crippen MR) is 76.3 cm³/mol. The zero-order valence-corrected chi connectivity index (χ0v) is 12.0. The van der Waals surface area contributed by atoms with Gasteiger partial charge in [0.2, 0.25) is 0 Å². The smallest absolute Gasteiger partial charge is 0.300 e. The molecule has 2 bridgehead atoms. The molecular formula is C13H15ClN4O3.